The van der Waals surface area contributed by atoms with Crippen LogP contribution in [0.4, 0.5) is 0 Å². The van der Waals surface area contributed by atoms with Crippen molar-refractivity contribution in [2.24, 2.45) is 0 Å². The normalized spacial score (nSPS) is 10.6. The van der Waals surface area contributed by atoms with E-state index in [4.69, 9.17) is 16.1 Å². The fourth-order valence-corrected chi connectivity index (χ4v) is 2.67. The van der Waals surface area contributed by atoms with Gasteiger partial charge in [-0.05, 0) is 28.1 Å². The molecule has 0 amide bonds. The molecule has 0 radical (unpaired) electrons. The molecule has 0 aliphatic heterocycles. The molecule has 1 aromatic carbocycles. The van der Waals surface area contributed by atoms with E-state index in [1.807, 2.05) is 24.3 Å². The van der Waals surface area contributed by atoms with E-state index in [0.29, 0.717) is 10.4 Å². The Hall–Kier alpha value is -0.320. The largest absolute Gasteiger partial charge is 0.359 e. The summed E-state index contributed by atoms with van der Waals surface area (Å²) in [5.41, 5.74) is 1.71. The molecule has 0 aliphatic rings. The summed E-state index contributed by atoms with van der Waals surface area (Å²) in [7, 11) is 0. The Morgan fingerprint density at radius 1 is 1.40 bits per heavy atom. The van der Waals surface area contributed by atoms with Crippen LogP contribution in [0.5, 0.6) is 0 Å². The van der Waals surface area contributed by atoms with Gasteiger partial charge in [-0.2, -0.15) is 0 Å². The quantitative estimate of drug-likeness (QED) is 0.736. The summed E-state index contributed by atoms with van der Waals surface area (Å²) in [5, 5.41) is 5.30. The molecule has 0 saturated carbocycles. The van der Waals surface area contributed by atoms with Gasteiger partial charge >= 0.3 is 0 Å². The monoisotopic (exact) mass is 349 g/mol. The second-order valence-corrected chi connectivity index (χ2v) is 4.70. The first-order valence-corrected chi connectivity index (χ1v) is 6.47. The van der Waals surface area contributed by atoms with Gasteiger partial charge in [0.05, 0.1) is 9.80 Å². The summed E-state index contributed by atoms with van der Waals surface area (Å²) >= 11 is 12.7. The van der Waals surface area contributed by atoms with Gasteiger partial charge in [-0.3, -0.25) is 0 Å². The lowest BCUT2D eigenvalue weighted by molar-refractivity contribution is 0.397. The second-order valence-electron chi connectivity index (χ2n) is 2.91. The molecule has 0 fully saturated rings. The predicted octanol–water partition coefficient (Wildman–Crippen LogP) is 4.65. The summed E-state index contributed by atoms with van der Waals surface area (Å²) in [5.74, 6) is 0.768. The lowest BCUT2D eigenvalue weighted by atomic mass is 10.1. The highest BCUT2D eigenvalue weighted by Crippen LogP contribution is 2.32. The highest BCUT2D eigenvalue weighted by molar-refractivity contribution is 9.11. The molecule has 0 aliphatic carbocycles. The van der Waals surface area contributed by atoms with Gasteiger partial charge in [0.1, 0.15) is 5.69 Å². The zero-order valence-electron chi connectivity index (χ0n) is 7.51. The van der Waals surface area contributed by atoms with Crippen molar-refractivity contribution < 1.29 is 4.52 Å². The third-order valence-corrected chi connectivity index (χ3v) is 3.48. The number of hydrogen-bond donors (Lipinski definition) is 0. The minimum absolute atomic E-state index is 0.626. The van der Waals surface area contributed by atoms with Crippen LogP contribution in [0.15, 0.2) is 33.3 Å². The summed E-state index contributed by atoms with van der Waals surface area (Å²) in [6, 6.07) is 7.49. The summed E-state index contributed by atoms with van der Waals surface area (Å²) in [4.78, 5) is 0. The Morgan fingerprint density at radius 2 is 2.20 bits per heavy atom. The minimum atomic E-state index is 0.626. The number of halogens is 3. The standard InChI is InChI=1S/C10H6Br2ClNO/c11-5-8-9(12)10(14-15-8)6-2-1-3-7(13)4-6/h1-4H,5H2. The lowest BCUT2D eigenvalue weighted by Crippen LogP contribution is -1.78. The van der Waals surface area contributed by atoms with E-state index >= 15 is 0 Å². The molecule has 0 unspecified atom stereocenters. The van der Waals surface area contributed by atoms with E-state index in [9.17, 15) is 0 Å². The van der Waals surface area contributed by atoms with Crippen LogP contribution in [0.2, 0.25) is 5.02 Å². The maximum absolute atomic E-state index is 5.90. The molecule has 15 heavy (non-hydrogen) atoms. The van der Waals surface area contributed by atoms with Crippen LogP contribution in [0, 0.1) is 0 Å². The summed E-state index contributed by atoms with van der Waals surface area (Å²) in [6.45, 7) is 0. The predicted molar refractivity (Wildman–Crippen MR) is 67.3 cm³/mol. The SMILES string of the molecule is Clc1cccc(-c2noc(CBr)c2Br)c1. The maximum atomic E-state index is 5.90. The Labute approximate surface area is 109 Å². The molecule has 0 bridgehead atoms. The fraction of sp³-hybridized carbons (Fsp3) is 0.100. The molecule has 0 atom stereocenters. The van der Waals surface area contributed by atoms with Gasteiger partial charge in [0.25, 0.3) is 0 Å². The van der Waals surface area contributed by atoms with Gasteiger partial charge in [-0.15, -0.1) is 0 Å². The van der Waals surface area contributed by atoms with Gasteiger partial charge in [0, 0.05) is 10.6 Å². The van der Waals surface area contributed by atoms with Crippen molar-refractivity contribution in [3.63, 3.8) is 0 Å². The molecule has 2 nitrogen and oxygen atoms in total. The van der Waals surface area contributed by atoms with Crippen LogP contribution in [-0.4, -0.2) is 5.16 Å². The molecular weight excluding hydrogens is 345 g/mol. The average Bonchev–Trinajstić information content (AvgIpc) is 2.59. The zero-order valence-corrected chi connectivity index (χ0v) is 11.4. The number of benzene rings is 1. The molecule has 1 aromatic heterocycles. The Kier molecular flexibility index (Phi) is 3.49. The molecule has 1 heterocycles. The van der Waals surface area contributed by atoms with Gasteiger partial charge < -0.3 is 4.52 Å². The molecule has 0 spiro atoms. The van der Waals surface area contributed by atoms with Crippen LogP contribution < -0.4 is 0 Å². The van der Waals surface area contributed by atoms with E-state index < -0.39 is 0 Å². The molecule has 2 rings (SSSR count). The zero-order chi connectivity index (χ0) is 10.8. The fourth-order valence-electron chi connectivity index (χ4n) is 1.21. The van der Waals surface area contributed by atoms with E-state index in [2.05, 4.69) is 37.0 Å². The summed E-state index contributed by atoms with van der Waals surface area (Å²) < 4.78 is 6.01. The van der Waals surface area contributed by atoms with Crippen LogP contribution in [0.1, 0.15) is 5.76 Å². The third-order valence-electron chi connectivity index (χ3n) is 1.92. The van der Waals surface area contributed by atoms with Gasteiger partial charge in [-0.25, -0.2) is 0 Å². The van der Waals surface area contributed by atoms with E-state index in [1.54, 1.807) is 0 Å². The van der Waals surface area contributed by atoms with Crippen molar-refractivity contribution in [3.8, 4) is 11.3 Å². The van der Waals surface area contributed by atoms with Crippen LogP contribution in [0.3, 0.4) is 0 Å². The average molecular weight is 351 g/mol. The molecule has 0 N–H and O–H groups in total. The van der Waals surface area contributed by atoms with Gasteiger partial charge in [0.15, 0.2) is 5.76 Å². The van der Waals surface area contributed by atoms with Crippen molar-refractivity contribution in [1.82, 2.24) is 5.16 Å². The molecule has 2 aromatic rings. The first kappa shape index (κ1) is 11.2. The third kappa shape index (κ3) is 2.27. The lowest BCUT2D eigenvalue weighted by Gasteiger charge is -1.96. The van der Waals surface area contributed by atoms with Crippen molar-refractivity contribution >= 4 is 43.5 Å². The van der Waals surface area contributed by atoms with Crippen molar-refractivity contribution in [1.29, 1.82) is 0 Å². The Balaban J connectivity index is 2.49. The second kappa shape index (κ2) is 4.68. The highest BCUT2D eigenvalue weighted by Gasteiger charge is 2.14. The topological polar surface area (TPSA) is 26.0 Å². The minimum Gasteiger partial charge on any atom is -0.359 e. The van der Waals surface area contributed by atoms with Crippen LogP contribution in [-0.2, 0) is 5.33 Å². The number of nitrogens with zero attached hydrogens (tertiary/aromatic N) is 1. The first-order chi connectivity index (χ1) is 7.22. The van der Waals surface area contributed by atoms with Crippen LogP contribution >= 0.6 is 43.5 Å². The molecule has 78 valence electrons. The smallest absolute Gasteiger partial charge is 0.162 e. The van der Waals surface area contributed by atoms with Gasteiger partial charge in [-0.1, -0.05) is 44.8 Å². The van der Waals surface area contributed by atoms with E-state index in [-0.39, 0.29) is 0 Å². The summed E-state index contributed by atoms with van der Waals surface area (Å²) in [6.07, 6.45) is 0. The highest BCUT2D eigenvalue weighted by atomic mass is 79.9. The molecule has 0 saturated heterocycles. The van der Waals surface area contributed by atoms with E-state index in [1.165, 1.54) is 0 Å². The number of rotatable bonds is 2. The maximum Gasteiger partial charge on any atom is 0.162 e. The number of alkyl halides is 1. The van der Waals surface area contributed by atoms with Crippen LogP contribution in [0.25, 0.3) is 11.3 Å². The van der Waals surface area contributed by atoms with Gasteiger partial charge in [0.2, 0.25) is 0 Å². The number of hydrogen-bond acceptors (Lipinski definition) is 2. The Bertz CT molecular complexity index is 484. The molecular formula is C10H6Br2ClNO. The Morgan fingerprint density at radius 3 is 2.80 bits per heavy atom. The number of aromatic nitrogens is 1. The van der Waals surface area contributed by atoms with E-state index in [0.717, 1.165) is 21.5 Å². The van der Waals surface area contributed by atoms with Crippen molar-refractivity contribution in [3.05, 3.63) is 39.5 Å². The first-order valence-electron chi connectivity index (χ1n) is 4.18. The van der Waals surface area contributed by atoms with Crippen molar-refractivity contribution in [2.75, 3.05) is 0 Å². The molecule has 5 heteroatoms. The van der Waals surface area contributed by atoms with Crippen molar-refractivity contribution in [2.45, 2.75) is 5.33 Å².